The van der Waals surface area contributed by atoms with E-state index >= 15 is 0 Å². The molecule has 4 nitrogen and oxygen atoms in total. The van der Waals surface area contributed by atoms with Crippen molar-refractivity contribution in [3.63, 3.8) is 0 Å². The van der Waals surface area contributed by atoms with E-state index in [1.54, 1.807) is 0 Å². The Hall–Kier alpha value is -1.53. The monoisotopic (exact) mass is 180 g/mol. The Kier molecular flexibility index (Phi) is 2.03. The van der Waals surface area contributed by atoms with Crippen LogP contribution >= 0.6 is 0 Å². The number of aromatic amines is 1. The Morgan fingerprint density at radius 1 is 1.50 bits per heavy atom. The van der Waals surface area contributed by atoms with Crippen molar-refractivity contribution in [3.05, 3.63) is 22.7 Å². The average Bonchev–Trinajstić information content (AvgIpc) is 1.91. The Morgan fingerprint density at radius 3 is 2.58 bits per heavy atom. The number of H-pyrrole nitrogens is 1. The van der Waals surface area contributed by atoms with Crippen molar-refractivity contribution in [1.82, 2.24) is 9.97 Å². The van der Waals surface area contributed by atoms with Crippen molar-refractivity contribution in [3.8, 4) is 5.88 Å². The quantitative estimate of drug-likeness (QED) is 0.690. The number of rotatable bonds is 1. The van der Waals surface area contributed by atoms with Gasteiger partial charge in [-0.05, 0) is 0 Å². The Balaban J connectivity index is 2.78. The second-order valence-electron chi connectivity index (χ2n) is 1.80. The highest BCUT2D eigenvalue weighted by Crippen LogP contribution is 2.18. The average molecular weight is 180 g/mol. The number of hydrogen-bond donors (Lipinski definition) is 1. The lowest BCUT2D eigenvalue weighted by atomic mass is 10.7. The van der Waals surface area contributed by atoms with Gasteiger partial charge in [0.1, 0.15) is 0 Å². The third kappa shape index (κ3) is 2.60. The highest BCUT2D eigenvalue weighted by molar-refractivity contribution is 5.01. The van der Waals surface area contributed by atoms with Crippen molar-refractivity contribution in [2.75, 3.05) is 0 Å². The molecule has 0 unspecified atom stereocenters. The number of nitrogens with one attached hydrogen (secondary N) is 1. The summed E-state index contributed by atoms with van der Waals surface area (Å²) in [4.78, 5) is 15.4. The SMILES string of the molecule is O=c1cnc(OC(F)(F)F)c[nH]1. The Bertz CT molecular complexity index is 299. The van der Waals surface area contributed by atoms with E-state index in [-0.39, 0.29) is 0 Å². The normalized spacial score (nSPS) is 11.2. The van der Waals surface area contributed by atoms with Gasteiger partial charge in [-0.15, -0.1) is 13.2 Å². The van der Waals surface area contributed by atoms with E-state index in [2.05, 4.69) is 9.72 Å². The molecule has 0 saturated heterocycles. The van der Waals surface area contributed by atoms with Crippen LogP contribution in [-0.4, -0.2) is 16.3 Å². The lowest BCUT2D eigenvalue weighted by molar-refractivity contribution is -0.276. The molecule has 0 aliphatic heterocycles. The predicted molar refractivity (Wildman–Crippen MR) is 31.5 cm³/mol. The van der Waals surface area contributed by atoms with Gasteiger partial charge in [0, 0.05) is 0 Å². The first-order valence-electron chi connectivity index (χ1n) is 2.78. The third-order valence-corrected chi connectivity index (χ3v) is 0.867. The number of halogens is 3. The molecule has 1 rings (SSSR count). The summed E-state index contributed by atoms with van der Waals surface area (Å²) in [5, 5.41) is 0. The summed E-state index contributed by atoms with van der Waals surface area (Å²) in [7, 11) is 0. The number of aromatic nitrogens is 2. The van der Waals surface area contributed by atoms with Crippen molar-refractivity contribution in [2.45, 2.75) is 6.36 Å². The van der Waals surface area contributed by atoms with E-state index in [0.717, 1.165) is 6.20 Å². The molecule has 7 heteroatoms. The van der Waals surface area contributed by atoms with Crippen LogP contribution in [0.3, 0.4) is 0 Å². The van der Waals surface area contributed by atoms with Crippen molar-refractivity contribution in [2.24, 2.45) is 0 Å². The molecule has 1 aromatic rings. The fraction of sp³-hybridized carbons (Fsp3) is 0.200. The smallest absolute Gasteiger partial charge is 0.386 e. The van der Waals surface area contributed by atoms with Gasteiger partial charge in [-0.1, -0.05) is 0 Å². The van der Waals surface area contributed by atoms with Crippen molar-refractivity contribution in [1.29, 1.82) is 0 Å². The molecule has 0 radical (unpaired) electrons. The minimum absolute atomic E-state index is 0.593. The summed E-state index contributed by atoms with van der Waals surface area (Å²) in [6.07, 6.45) is -3.36. The largest absolute Gasteiger partial charge is 0.574 e. The zero-order chi connectivity index (χ0) is 9.19. The van der Waals surface area contributed by atoms with E-state index in [9.17, 15) is 18.0 Å². The molecule has 0 aliphatic carbocycles. The molecule has 1 N–H and O–H groups in total. The lowest BCUT2D eigenvalue weighted by Gasteiger charge is -2.05. The first-order valence-corrected chi connectivity index (χ1v) is 2.78. The second kappa shape index (κ2) is 2.84. The molecule has 1 heterocycles. The van der Waals surface area contributed by atoms with Gasteiger partial charge in [0.15, 0.2) is 0 Å². The van der Waals surface area contributed by atoms with Gasteiger partial charge in [-0.25, -0.2) is 4.98 Å². The summed E-state index contributed by atoms with van der Waals surface area (Å²) in [6, 6.07) is 0. The molecule has 0 aromatic carbocycles. The molecule has 0 spiro atoms. The third-order valence-electron chi connectivity index (χ3n) is 0.867. The molecule has 0 amide bonds. The van der Waals surface area contributed by atoms with Crippen LogP contribution < -0.4 is 10.3 Å². The van der Waals surface area contributed by atoms with E-state index < -0.39 is 17.8 Å². The molecule has 0 atom stereocenters. The fourth-order valence-corrected chi connectivity index (χ4v) is 0.504. The van der Waals surface area contributed by atoms with E-state index in [4.69, 9.17) is 0 Å². The molecule has 0 bridgehead atoms. The molecule has 1 aromatic heterocycles. The van der Waals surface area contributed by atoms with E-state index in [0.29, 0.717) is 6.20 Å². The molecule has 0 fully saturated rings. The van der Waals surface area contributed by atoms with Gasteiger partial charge in [0.2, 0.25) is 5.88 Å². The summed E-state index contributed by atoms with van der Waals surface area (Å²) < 4.78 is 37.8. The minimum atomic E-state index is -4.79. The van der Waals surface area contributed by atoms with Crippen LogP contribution in [0.1, 0.15) is 0 Å². The summed E-state index contributed by atoms with van der Waals surface area (Å²) in [6.45, 7) is 0. The van der Waals surface area contributed by atoms with Crippen LogP contribution in [0.4, 0.5) is 13.2 Å². The summed E-state index contributed by atoms with van der Waals surface area (Å²) in [5.41, 5.74) is -0.593. The molecule has 0 aliphatic rings. The minimum Gasteiger partial charge on any atom is -0.386 e. The maximum atomic E-state index is 11.5. The number of hydrogen-bond acceptors (Lipinski definition) is 3. The van der Waals surface area contributed by atoms with Crippen LogP contribution in [0.2, 0.25) is 0 Å². The van der Waals surface area contributed by atoms with Gasteiger partial charge in [0.05, 0.1) is 12.4 Å². The van der Waals surface area contributed by atoms with Gasteiger partial charge in [-0.2, -0.15) is 0 Å². The summed E-state index contributed by atoms with van der Waals surface area (Å²) >= 11 is 0. The van der Waals surface area contributed by atoms with Crippen LogP contribution in [0.5, 0.6) is 5.88 Å². The fourth-order valence-electron chi connectivity index (χ4n) is 0.504. The first-order chi connectivity index (χ1) is 5.47. The van der Waals surface area contributed by atoms with Gasteiger partial charge < -0.3 is 9.72 Å². The molecule has 0 saturated carbocycles. The lowest BCUT2D eigenvalue weighted by Crippen LogP contribution is -2.19. The topological polar surface area (TPSA) is 55.0 Å². The maximum Gasteiger partial charge on any atom is 0.574 e. The number of alkyl halides is 3. The van der Waals surface area contributed by atoms with Crippen LogP contribution in [0.15, 0.2) is 17.2 Å². The number of nitrogens with zero attached hydrogens (tertiary/aromatic N) is 1. The van der Waals surface area contributed by atoms with Crippen LogP contribution in [0, 0.1) is 0 Å². The van der Waals surface area contributed by atoms with Gasteiger partial charge in [-0.3, -0.25) is 4.79 Å². The van der Waals surface area contributed by atoms with E-state index in [1.165, 1.54) is 0 Å². The summed E-state index contributed by atoms with van der Waals surface area (Å²) in [5.74, 6) is -0.692. The first kappa shape index (κ1) is 8.57. The van der Waals surface area contributed by atoms with Gasteiger partial charge >= 0.3 is 6.36 Å². The standard InChI is InChI=1S/C5H3F3N2O2/c6-5(7,8)12-4-2-9-3(11)1-10-4/h1-2H,(H,9,11). The maximum absolute atomic E-state index is 11.5. The highest BCUT2D eigenvalue weighted by Gasteiger charge is 2.31. The van der Waals surface area contributed by atoms with Crippen LogP contribution in [-0.2, 0) is 0 Å². The van der Waals surface area contributed by atoms with Crippen LogP contribution in [0.25, 0.3) is 0 Å². The molecular weight excluding hydrogens is 177 g/mol. The van der Waals surface area contributed by atoms with E-state index in [1.807, 2.05) is 4.98 Å². The number of ether oxygens (including phenoxy) is 1. The van der Waals surface area contributed by atoms with Crippen molar-refractivity contribution >= 4 is 0 Å². The zero-order valence-corrected chi connectivity index (χ0v) is 5.55. The Morgan fingerprint density at radius 2 is 2.17 bits per heavy atom. The predicted octanol–water partition coefficient (Wildman–Crippen LogP) is 0.668. The van der Waals surface area contributed by atoms with Gasteiger partial charge in [0.25, 0.3) is 5.56 Å². The molecular formula is C5H3F3N2O2. The molecule has 66 valence electrons. The second-order valence-corrected chi connectivity index (χ2v) is 1.80. The Labute approximate surface area is 64.0 Å². The highest BCUT2D eigenvalue weighted by atomic mass is 19.4. The zero-order valence-electron chi connectivity index (χ0n) is 5.55. The van der Waals surface area contributed by atoms with Crippen molar-refractivity contribution < 1.29 is 17.9 Å². The molecule has 12 heavy (non-hydrogen) atoms.